The maximum absolute atomic E-state index is 11.4. The summed E-state index contributed by atoms with van der Waals surface area (Å²) < 4.78 is 0. The standard InChI is InChI=1S/C15H14N6O/c22-13-9-21(4-3-16-13)15-19-7-12(8-20-15)11-5-10-1-2-17-14(10)18-6-11/h1-2,5-8H,3-4,9H2,(H,16,22)(H,17,18). The number of nitrogens with zero attached hydrogens (tertiary/aromatic N) is 4. The number of nitrogens with one attached hydrogen (secondary N) is 2. The number of H-pyrrole nitrogens is 1. The van der Waals surface area contributed by atoms with Crippen LogP contribution in [0.3, 0.4) is 0 Å². The lowest BCUT2D eigenvalue weighted by Crippen LogP contribution is -2.48. The minimum absolute atomic E-state index is 0.000959. The molecule has 1 fully saturated rings. The molecule has 1 aliphatic rings. The molecule has 0 saturated carbocycles. The van der Waals surface area contributed by atoms with Gasteiger partial charge in [0.05, 0.1) is 6.54 Å². The third-order valence-corrected chi connectivity index (χ3v) is 3.69. The number of hydrogen-bond donors (Lipinski definition) is 2. The molecule has 0 unspecified atom stereocenters. The average Bonchev–Trinajstić information content (AvgIpc) is 3.02. The first-order chi connectivity index (χ1) is 10.8. The van der Waals surface area contributed by atoms with Crippen molar-refractivity contribution in [2.75, 3.05) is 24.5 Å². The van der Waals surface area contributed by atoms with Crippen molar-refractivity contribution in [3.05, 3.63) is 36.9 Å². The van der Waals surface area contributed by atoms with E-state index in [4.69, 9.17) is 0 Å². The monoisotopic (exact) mass is 294 g/mol. The van der Waals surface area contributed by atoms with Gasteiger partial charge in [-0.15, -0.1) is 0 Å². The molecule has 1 saturated heterocycles. The molecular weight excluding hydrogens is 280 g/mol. The molecule has 2 N–H and O–H groups in total. The molecule has 7 heteroatoms. The van der Waals surface area contributed by atoms with Gasteiger partial charge in [0.25, 0.3) is 0 Å². The van der Waals surface area contributed by atoms with Crippen molar-refractivity contribution in [1.82, 2.24) is 25.3 Å². The lowest BCUT2D eigenvalue weighted by molar-refractivity contribution is -0.120. The maximum Gasteiger partial charge on any atom is 0.239 e. The van der Waals surface area contributed by atoms with Gasteiger partial charge in [0.2, 0.25) is 11.9 Å². The topological polar surface area (TPSA) is 86.8 Å². The van der Waals surface area contributed by atoms with Crippen molar-refractivity contribution in [3.8, 4) is 11.1 Å². The Kier molecular flexibility index (Phi) is 2.96. The van der Waals surface area contributed by atoms with Gasteiger partial charge in [-0.1, -0.05) is 0 Å². The highest BCUT2D eigenvalue weighted by Gasteiger charge is 2.18. The van der Waals surface area contributed by atoms with E-state index in [2.05, 4.69) is 25.3 Å². The molecule has 0 radical (unpaired) electrons. The van der Waals surface area contributed by atoms with Crippen molar-refractivity contribution in [2.24, 2.45) is 0 Å². The van der Waals surface area contributed by atoms with Crippen molar-refractivity contribution in [3.63, 3.8) is 0 Å². The molecule has 22 heavy (non-hydrogen) atoms. The lowest BCUT2D eigenvalue weighted by atomic mass is 10.1. The van der Waals surface area contributed by atoms with Crippen LogP contribution in [-0.4, -0.2) is 45.5 Å². The zero-order valence-corrected chi connectivity index (χ0v) is 11.8. The van der Waals surface area contributed by atoms with E-state index in [9.17, 15) is 4.79 Å². The van der Waals surface area contributed by atoms with Gasteiger partial charge < -0.3 is 15.2 Å². The second-order valence-electron chi connectivity index (χ2n) is 5.18. The Morgan fingerprint density at radius 1 is 1.09 bits per heavy atom. The number of amides is 1. The van der Waals surface area contributed by atoms with E-state index in [1.807, 2.05) is 23.2 Å². The fourth-order valence-corrected chi connectivity index (χ4v) is 2.54. The van der Waals surface area contributed by atoms with Crippen molar-refractivity contribution in [2.45, 2.75) is 0 Å². The SMILES string of the molecule is O=C1CN(c2ncc(-c3cnc4[nH]ccc4c3)cn2)CCN1. The second-order valence-corrected chi connectivity index (χ2v) is 5.18. The molecule has 1 amide bonds. The summed E-state index contributed by atoms with van der Waals surface area (Å²) in [6.07, 6.45) is 7.20. The van der Waals surface area contributed by atoms with Gasteiger partial charge in [0.15, 0.2) is 0 Å². The molecule has 0 spiro atoms. The van der Waals surface area contributed by atoms with Crippen LogP contribution in [0.2, 0.25) is 0 Å². The Labute approximate surface area is 126 Å². The number of anilines is 1. The molecule has 1 aliphatic heterocycles. The fraction of sp³-hybridized carbons (Fsp3) is 0.200. The van der Waals surface area contributed by atoms with Gasteiger partial charge >= 0.3 is 0 Å². The van der Waals surface area contributed by atoms with Crippen molar-refractivity contribution >= 4 is 22.9 Å². The zero-order chi connectivity index (χ0) is 14.9. The van der Waals surface area contributed by atoms with E-state index >= 15 is 0 Å². The molecular formula is C15H14N6O. The molecule has 0 bridgehead atoms. The quantitative estimate of drug-likeness (QED) is 0.735. The highest BCUT2D eigenvalue weighted by Crippen LogP contribution is 2.22. The Hall–Kier alpha value is -2.96. The third kappa shape index (κ3) is 2.26. The third-order valence-electron chi connectivity index (χ3n) is 3.69. The normalized spacial score (nSPS) is 15.1. The number of fused-ring (bicyclic) bond motifs is 1. The predicted octanol–water partition coefficient (Wildman–Crippen LogP) is 0.956. The van der Waals surface area contributed by atoms with Gasteiger partial charge in [0, 0.05) is 54.4 Å². The highest BCUT2D eigenvalue weighted by atomic mass is 16.2. The molecule has 0 atom stereocenters. The number of aromatic amines is 1. The lowest BCUT2D eigenvalue weighted by Gasteiger charge is -2.26. The van der Waals surface area contributed by atoms with Crippen LogP contribution >= 0.6 is 0 Å². The summed E-state index contributed by atoms with van der Waals surface area (Å²) in [6, 6.07) is 4.03. The summed E-state index contributed by atoms with van der Waals surface area (Å²) in [7, 11) is 0. The minimum atomic E-state index is 0.000959. The first-order valence-corrected chi connectivity index (χ1v) is 7.07. The van der Waals surface area contributed by atoms with E-state index in [-0.39, 0.29) is 5.91 Å². The Bertz CT molecular complexity index is 825. The Balaban J connectivity index is 1.62. The van der Waals surface area contributed by atoms with E-state index < -0.39 is 0 Å². The van der Waals surface area contributed by atoms with E-state index in [1.54, 1.807) is 18.6 Å². The van der Waals surface area contributed by atoms with Crippen molar-refractivity contribution in [1.29, 1.82) is 0 Å². The summed E-state index contributed by atoms with van der Waals surface area (Å²) in [5.41, 5.74) is 2.73. The van der Waals surface area contributed by atoms with Crippen LogP contribution in [-0.2, 0) is 4.79 Å². The summed E-state index contributed by atoms with van der Waals surface area (Å²) in [4.78, 5) is 29.5. The predicted molar refractivity (Wildman–Crippen MR) is 82.3 cm³/mol. The van der Waals surface area contributed by atoms with Gasteiger partial charge in [-0.05, 0) is 12.1 Å². The smallest absolute Gasteiger partial charge is 0.239 e. The van der Waals surface area contributed by atoms with Crippen LogP contribution in [0, 0.1) is 0 Å². The highest BCUT2D eigenvalue weighted by molar-refractivity contribution is 5.82. The number of carbonyl (C=O) groups is 1. The first kappa shape index (κ1) is 12.8. The van der Waals surface area contributed by atoms with Gasteiger partial charge in [-0.2, -0.15) is 0 Å². The number of pyridine rings is 1. The molecule has 3 aromatic rings. The summed E-state index contributed by atoms with van der Waals surface area (Å²) in [6.45, 7) is 1.65. The summed E-state index contributed by atoms with van der Waals surface area (Å²) in [5.74, 6) is 0.579. The summed E-state index contributed by atoms with van der Waals surface area (Å²) >= 11 is 0. The van der Waals surface area contributed by atoms with Crippen LogP contribution < -0.4 is 10.2 Å². The Morgan fingerprint density at radius 2 is 1.91 bits per heavy atom. The van der Waals surface area contributed by atoms with Gasteiger partial charge in [-0.25, -0.2) is 15.0 Å². The van der Waals surface area contributed by atoms with Crippen LogP contribution in [0.25, 0.3) is 22.2 Å². The molecule has 0 aliphatic carbocycles. The zero-order valence-electron chi connectivity index (χ0n) is 11.8. The Morgan fingerprint density at radius 3 is 2.73 bits per heavy atom. The van der Waals surface area contributed by atoms with Crippen molar-refractivity contribution < 1.29 is 4.79 Å². The minimum Gasteiger partial charge on any atom is -0.353 e. The fourth-order valence-electron chi connectivity index (χ4n) is 2.54. The molecule has 4 heterocycles. The molecule has 3 aromatic heterocycles. The number of rotatable bonds is 2. The van der Waals surface area contributed by atoms with Gasteiger partial charge in [0.1, 0.15) is 5.65 Å². The van der Waals surface area contributed by atoms with Crippen LogP contribution in [0.1, 0.15) is 0 Å². The van der Waals surface area contributed by atoms with Crippen LogP contribution in [0.15, 0.2) is 36.9 Å². The number of carbonyl (C=O) groups excluding carboxylic acids is 1. The van der Waals surface area contributed by atoms with Gasteiger partial charge in [-0.3, -0.25) is 4.79 Å². The molecule has 7 nitrogen and oxygen atoms in total. The van der Waals surface area contributed by atoms with Crippen LogP contribution in [0.4, 0.5) is 5.95 Å². The second kappa shape index (κ2) is 5.10. The first-order valence-electron chi connectivity index (χ1n) is 7.07. The molecule has 110 valence electrons. The largest absolute Gasteiger partial charge is 0.353 e. The average molecular weight is 294 g/mol. The number of piperazine rings is 1. The van der Waals surface area contributed by atoms with E-state index in [0.717, 1.165) is 28.7 Å². The summed E-state index contributed by atoms with van der Waals surface area (Å²) in [5, 5.41) is 3.84. The molecule has 0 aromatic carbocycles. The maximum atomic E-state index is 11.4. The number of hydrogen-bond acceptors (Lipinski definition) is 5. The van der Waals surface area contributed by atoms with Crippen LogP contribution in [0.5, 0.6) is 0 Å². The number of aromatic nitrogens is 4. The van der Waals surface area contributed by atoms with E-state index in [1.165, 1.54) is 0 Å². The molecule has 4 rings (SSSR count). The van der Waals surface area contributed by atoms with E-state index in [0.29, 0.717) is 19.0 Å².